The standard InChI is InChI=1S/C18H13N.C11H7NO.2C11H7NS/c1-2-8-14(9-3-1)19-17-12-6-4-10-15(17)16-11-5-7-13-18(16)19;1-2-4-10-8(3-1)9-7-12-6-5-11(9)13-10;1-2-6-10-8(4-1)9-5-3-7-12-11(9)13-10;1-2-5-9-8(4-1)11-10(13-9)6-3-7-12-11/h1-13H;3*1-7H. The third-order valence-corrected chi connectivity index (χ3v) is 12.3. The van der Waals surface area contributed by atoms with Crippen LogP contribution in [0.2, 0.25) is 0 Å². The first-order chi connectivity index (χ1) is 28.8. The Kier molecular flexibility index (Phi) is 9.57. The first kappa shape index (κ1) is 35.2. The van der Waals surface area contributed by atoms with E-state index in [4.69, 9.17) is 4.42 Å². The Bertz CT molecular complexity index is 3030. The first-order valence-corrected chi connectivity index (χ1v) is 20.6. The van der Waals surface area contributed by atoms with Crippen molar-refractivity contribution in [3.63, 3.8) is 0 Å². The summed E-state index contributed by atoms with van der Waals surface area (Å²) in [6.07, 6.45) is 7.27. The highest BCUT2D eigenvalue weighted by Gasteiger charge is 2.10. The van der Waals surface area contributed by atoms with Crippen LogP contribution in [0.1, 0.15) is 0 Å². The van der Waals surface area contributed by atoms with E-state index in [-0.39, 0.29) is 0 Å². The average molecular weight is 783 g/mol. The highest BCUT2D eigenvalue weighted by atomic mass is 32.1. The minimum atomic E-state index is 0.899. The Labute approximate surface area is 341 Å². The molecule has 0 atom stereocenters. The van der Waals surface area contributed by atoms with E-state index >= 15 is 0 Å². The van der Waals surface area contributed by atoms with E-state index in [1.807, 2.05) is 61.1 Å². The van der Waals surface area contributed by atoms with Gasteiger partial charge in [-0.25, -0.2) is 4.98 Å². The molecule has 0 bridgehead atoms. The molecule has 0 aliphatic carbocycles. The molecule has 0 N–H and O–H groups in total. The maximum Gasteiger partial charge on any atom is 0.138 e. The molecule has 7 aromatic heterocycles. The maximum absolute atomic E-state index is 5.61. The highest BCUT2D eigenvalue weighted by molar-refractivity contribution is 7.26. The fourth-order valence-electron chi connectivity index (χ4n) is 7.45. The van der Waals surface area contributed by atoms with E-state index in [2.05, 4.69) is 159 Å². The predicted octanol–water partition coefficient (Wildman–Crippen LogP) is 14.7. The van der Waals surface area contributed by atoms with Crippen LogP contribution in [-0.2, 0) is 0 Å². The predicted molar refractivity (Wildman–Crippen MR) is 247 cm³/mol. The fourth-order valence-corrected chi connectivity index (χ4v) is 9.56. The topological polar surface area (TPSA) is 56.7 Å². The van der Waals surface area contributed by atoms with E-state index < -0.39 is 0 Å². The number of nitrogens with zero attached hydrogens (tertiary/aromatic N) is 4. The number of pyridine rings is 3. The molecule has 0 aliphatic rings. The van der Waals surface area contributed by atoms with Crippen molar-refractivity contribution in [2.75, 3.05) is 0 Å². The lowest BCUT2D eigenvalue weighted by atomic mass is 10.2. The summed E-state index contributed by atoms with van der Waals surface area (Å²) >= 11 is 3.55. The molecule has 13 rings (SSSR count). The second-order valence-electron chi connectivity index (χ2n) is 13.6. The van der Waals surface area contributed by atoms with Gasteiger partial charge in [-0.1, -0.05) is 109 Å². The maximum atomic E-state index is 5.61. The van der Waals surface area contributed by atoms with Crippen molar-refractivity contribution in [1.82, 2.24) is 19.5 Å². The van der Waals surface area contributed by atoms with Gasteiger partial charge in [-0.2, -0.15) is 0 Å². The molecule has 5 nitrogen and oxygen atoms in total. The summed E-state index contributed by atoms with van der Waals surface area (Å²) in [6.45, 7) is 0. The van der Waals surface area contributed by atoms with Crippen LogP contribution >= 0.6 is 22.7 Å². The summed E-state index contributed by atoms with van der Waals surface area (Å²) in [7, 11) is 0. The third kappa shape index (κ3) is 6.72. The number of fused-ring (bicyclic) bond motifs is 12. The quantitative estimate of drug-likeness (QED) is 0.166. The van der Waals surface area contributed by atoms with Crippen molar-refractivity contribution >= 4 is 107 Å². The van der Waals surface area contributed by atoms with Crippen molar-refractivity contribution in [2.24, 2.45) is 0 Å². The highest BCUT2D eigenvalue weighted by Crippen LogP contribution is 2.34. The zero-order chi connectivity index (χ0) is 38.7. The molecular weight excluding hydrogens is 749 g/mol. The second-order valence-corrected chi connectivity index (χ2v) is 15.7. The molecule has 7 heterocycles. The number of rotatable bonds is 1. The summed E-state index contributed by atoms with van der Waals surface area (Å²) < 4.78 is 11.8. The summed E-state index contributed by atoms with van der Waals surface area (Å²) in [5.41, 5.74) is 6.68. The van der Waals surface area contributed by atoms with Gasteiger partial charge in [-0.15, -0.1) is 22.7 Å². The SMILES string of the molecule is c1ccc(-n2c3ccccc3c3ccccc32)cc1.c1ccc2c(c1)oc1ccncc12.c1ccc2c(c1)sc1cccnc12.c1ccc2c(c1)sc1ncccc12. The number of hydrogen-bond donors (Lipinski definition) is 0. The molecule has 276 valence electrons. The van der Waals surface area contributed by atoms with Crippen molar-refractivity contribution in [2.45, 2.75) is 0 Å². The zero-order valence-corrected chi connectivity index (χ0v) is 32.8. The number of hydrogen-bond acceptors (Lipinski definition) is 6. The summed E-state index contributed by atoms with van der Waals surface area (Å²) in [4.78, 5) is 13.9. The molecular formula is C51H34N4OS2. The lowest BCUT2D eigenvalue weighted by Gasteiger charge is -2.06. The second kappa shape index (κ2) is 15.7. The first-order valence-electron chi connectivity index (χ1n) is 19.0. The minimum Gasteiger partial charge on any atom is -0.456 e. The van der Waals surface area contributed by atoms with E-state index in [0.29, 0.717) is 0 Å². The van der Waals surface area contributed by atoms with E-state index in [1.54, 1.807) is 28.9 Å². The Balaban J connectivity index is 0.0000000953. The molecule has 0 unspecified atom stereocenters. The van der Waals surface area contributed by atoms with Gasteiger partial charge >= 0.3 is 0 Å². The summed E-state index contributed by atoms with van der Waals surface area (Å²) in [5, 5.41) is 8.68. The molecule has 0 spiro atoms. The molecule has 0 aliphatic heterocycles. The number of benzene rings is 6. The molecule has 0 saturated heterocycles. The fraction of sp³-hybridized carbons (Fsp3) is 0. The average Bonchev–Trinajstić information content (AvgIpc) is 4.06. The van der Waals surface area contributed by atoms with Crippen LogP contribution in [0.5, 0.6) is 0 Å². The molecule has 6 aromatic carbocycles. The van der Waals surface area contributed by atoms with Gasteiger partial charge in [-0.05, 0) is 72.8 Å². The summed E-state index contributed by atoms with van der Waals surface area (Å²) in [5.74, 6) is 0. The molecule has 7 heteroatoms. The molecule has 0 amide bonds. The van der Waals surface area contributed by atoms with Crippen LogP contribution in [0.4, 0.5) is 0 Å². The van der Waals surface area contributed by atoms with E-state index in [1.165, 1.54) is 57.8 Å². The molecule has 58 heavy (non-hydrogen) atoms. The van der Waals surface area contributed by atoms with Crippen LogP contribution in [-0.4, -0.2) is 19.5 Å². The van der Waals surface area contributed by atoms with Crippen molar-refractivity contribution in [3.8, 4) is 5.69 Å². The largest absolute Gasteiger partial charge is 0.456 e. The van der Waals surface area contributed by atoms with Crippen molar-refractivity contribution in [1.29, 1.82) is 0 Å². The van der Waals surface area contributed by atoms with Gasteiger partial charge in [0.2, 0.25) is 0 Å². The Morgan fingerprint density at radius 3 is 1.71 bits per heavy atom. The molecule has 13 aromatic rings. The van der Waals surface area contributed by atoms with Crippen LogP contribution in [0, 0.1) is 0 Å². The van der Waals surface area contributed by atoms with Gasteiger partial charge in [0, 0.05) is 77.6 Å². The van der Waals surface area contributed by atoms with E-state index in [9.17, 15) is 0 Å². The lowest BCUT2D eigenvalue weighted by molar-refractivity contribution is 0.668. The Morgan fingerprint density at radius 2 is 0.931 bits per heavy atom. The number of para-hydroxylation sites is 4. The zero-order valence-electron chi connectivity index (χ0n) is 31.1. The Morgan fingerprint density at radius 1 is 0.379 bits per heavy atom. The Hall–Kier alpha value is -7.19. The molecule has 0 radical (unpaired) electrons. The number of furan rings is 1. The molecule has 0 fully saturated rings. The van der Waals surface area contributed by atoms with E-state index in [0.717, 1.165) is 32.3 Å². The van der Waals surface area contributed by atoms with Crippen molar-refractivity contribution < 1.29 is 4.42 Å². The van der Waals surface area contributed by atoms with Gasteiger partial charge in [0.1, 0.15) is 16.0 Å². The number of thiophene rings is 2. The van der Waals surface area contributed by atoms with Gasteiger partial charge in [0.15, 0.2) is 0 Å². The van der Waals surface area contributed by atoms with Gasteiger partial charge < -0.3 is 8.98 Å². The summed E-state index contributed by atoms with van der Waals surface area (Å²) in [6, 6.07) is 62.6. The van der Waals surface area contributed by atoms with Gasteiger partial charge in [-0.3, -0.25) is 9.97 Å². The lowest BCUT2D eigenvalue weighted by Crippen LogP contribution is -1.92. The molecule has 0 saturated carbocycles. The van der Waals surface area contributed by atoms with Gasteiger partial charge in [0.25, 0.3) is 0 Å². The van der Waals surface area contributed by atoms with Crippen LogP contribution in [0.25, 0.3) is 90.0 Å². The van der Waals surface area contributed by atoms with Crippen LogP contribution in [0.15, 0.2) is 211 Å². The monoisotopic (exact) mass is 782 g/mol. The number of aromatic nitrogens is 4. The smallest absolute Gasteiger partial charge is 0.138 e. The van der Waals surface area contributed by atoms with Crippen LogP contribution < -0.4 is 0 Å². The minimum absolute atomic E-state index is 0.899. The third-order valence-electron chi connectivity index (χ3n) is 10.1. The van der Waals surface area contributed by atoms with Crippen LogP contribution in [0.3, 0.4) is 0 Å². The normalized spacial score (nSPS) is 11.1. The van der Waals surface area contributed by atoms with Crippen molar-refractivity contribution in [3.05, 3.63) is 207 Å². The van der Waals surface area contributed by atoms with Gasteiger partial charge in [0.05, 0.1) is 21.3 Å².